The van der Waals surface area contributed by atoms with Crippen LogP contribution >= 0.6 is 0 Å². The van der Waals surface area contributed by atoms with Crippen LogP contribution in [0.2, 0.25) is 0 Å². The lowest BCUT2D eigenvalue weighted by molar-refractivity contribution is -0.148. The Labute approximate surface area is 112 Å². The summed E-state index contributed by atoms with van der Waals surface area (Å²) < 4.78 is 5.32. The number of amides is 1. The zero-order chi connectivity index (χ0) is 14.0. The van der Waals surface area contributed by atoms with E-state index >= 15 is 0 Å². The molecule has 1 atom stereocenters. The van der Waals surface area contributed by atoms with Crippen molar-refractivity contribution in [3.8, 4) is 0 Å². The molecule has 1 saturated heterocycles. The number of carbonyl (C=O) groups excluding carboxylic acids is 1. The maximum Gasteiger partial charge on any atom is 0.329 e. The number of hydrogen-bond donors (Lipinski definition) is 1. The predicted octanol–water partition coefficient (Wildman–Crippen LogP) is 2.45. The molecule has 19 heavy (non-hydrogen) atoms. The van der Waals surface area contributed by atoms with E-state index in [1.807, 2.05) is 6.92 Å². The summed E-state index contributed by atoms with van der Waals surface area (Å²) in [7, 11) is 0. The highest BCUT2D eigenvalue weighted by Gasteiger charge is 2.49. The second kappa shape index (κ2) is 5.07. The molecule has 104 valence electrons. The van der Waals surface area contributed by atoms with E-state index in [1.54, 1.807) is 19.1 Å². The van der Waals surface area contributed by atoms with Crippen molar-refractivity contribution in [2.45, 2.75) is 45.1 Å². The fourth-order valence-electron chi connectivity index (χ4n) is 2.86. The van der Waals surface area contributed by atoms with Crippen LogP contribution in [0, 0.1) is 6.92 Å². The third-order valence-electron chi connectivity index (χ3n) is 3.75. The highest BCUT2D eigenvalue weighted by atomic mass is 16.4. The number of rotatable bonds is 4. The van der Waals surface area contributed by atoms with Crippen LogP contribution in [-0.4, -0.2) is 34.0 Å². The summed E-state index contributed by atoms with van der Waals surface area (Å²) in [5.74, 6) is -0.356. The molecule has 0 saturated carbocycles. The Balaban J connectivity index is 2.31. The third kappa shape index (κ3) is 2.25. The molecule has 0 radical (unpaired) electrons. The number of carboxylic acids is 1. The Hall–Kier alpha value is -1.78. The van der Waals surface area contributed by atoms with Gasteiger partial charge < -0.3 is 14.4 Å². The van der Waals surface area contributed by atoms with Crippen LogP contribution in [0.4, 0.5) is 0 Å². The smallest absolute Gasteiger partial charge is 0.329 e. The Morgan fingerprint density at radius 2 is 2.21 bits per heavy atom. The summed E-state index contributed by atoms with van der Waals surface area (Å²) in [5.41, 5.74) is -1.06. The van der Waals surface area contributed by atoms with Gasteiger partial charge in [0.25, 0.3) is 5.91 Å². The topological polar surface area (TPSA) is 70.8 Å². The van der Waals surface area contributed by atoms with E-state index in [-0.39, 0.29) is 11.7 Å². The molecule has 1 aromatic rings. The summed E-state index contributed by atoms with van der Waals surface area (Å²) in [5, 5.41) is 9.54. The Bertz CT molecular complexity index is 493. The van der Waals surface area contributed by atoms with E-state index in [2.05, 4.69) is 0 Å². The highest BCUT2D eigenvalue weighted by molar-refractivity contribution is 5.96. The van der Waals surface area contributed by atoms with Gasteiger partial charge in [0.1, 0.15) is 11.3 Å². The van der Waals surface area contributed by atoms with Crippen LogP contribution in [0.3, 0.4) is 0 Å². The molecule has 1 unspecified atom stereocenters. The van der Waals surface area contributed by atoms with Gasteiger partial charge in [-0.15, -0.1) is 0 Å². The van der Waals surface area contributed by atoms with Crippen LogP contribution in [0.5, 0.6) is 0 Å². The monoisotopic (exact) mass is 265 g/mol. The fraction of sp³-hybridized carbons (Fsp3) is 0.571. The zero-order valence-electron chi connectivity index (χ0n) is 11.3. The van der Waals surface area contributed by atoms with Gasteiger partial charge in [0, 0.05) is 6.54 Å². The van der Waals surface area contributed by atoms with Gasteiger partial charge in [-0.3, -0.25) is 4.79 Å². The van der Waals surface area contributed by atoms with Crippen LogP contribution in [0.25, 0.3) is 0 Å². The average Bonchev–Trinajstić information content (AvgIpc) is 2.96. The molecule has 2 heterocycles. The first-order chi connectivity index (χ1) is 9.01. The van der Waals surface area contributed by atoms with Crippen molar-refractivity contribution in [3.63, 3.8) is 0 Å². The molecule has 1 amide bonds. The number of aryl methyl sites for hydroxylation is 1. The SMILES string of the molecule is CCCC1(C(=O)O)CCCN1C(=O)c1ccc(C)o1. The predicted molar refractivity (Wildman–Crippen MR) is 69.0 cm³/mol. The maximum absolute atomic E-state index is 12.4. The van der Waals surface area contributed by atoms with Gasteiger partial charge in [0.05, 0.1) is 0 Å². The molecule has 1 N–H and O–H groups in total. The first-order valence-electron chi connectivity index (χ1n) is 6.63. The van der Waals surface area contributed by atoms with Crippen LogP contribution in [-0.2, 0) is 4.79 Å². The normalized spacial score (nSPS) is 22.7. The molecule has 0 aromatic carbocycles. The van der Waals surface area contributed by atoms with Gasteiger partial charge in [-0.1, -0.05) is 13.3 Å². The number of hydrogen-bond acceptors (Lipinski definition) is 3. The highest BCUT2D eigenvalue weighted by Crippen LogP contribution is 2.35. The number of nitrogens with zero attached hydrogens (tertiary/aromatic N) is 1. The summed E-state index contributed by atoms with van der Waals surface area (Å²) in [6, 6.07) is 3.32. The Kier molecular flexibility index (Phi) is 3.64. The lowest BCUT2D eigenvalue weighted by atomic mass is 9.90. The molecule has 0 bridgehead atoms. The molecule has 1 aliphatic heterocycles. The number of furan rings is 1. The molecular weight excluding hydrogens is 246 g/mol. The van der Waals surface area contributed by atoms with Gasteiger partial charge in [0.2, 0.25) is 0 Å². The van der Waals surface area contributed by atoms with E-state index in [0.29, 0.717) is 25.1 Å². The first-order valence-corrected chi connectivity index (χ1v) is 6.63. The molecule has 0 spiro atoms. The van der Waals surface area contributed by atoms with E-state index in [1.165, 1.54) is 4.90 Å². The van der Waals surface area contributed by atoms with Gasteiger partial charge in [-0.05, 0) is 38.3 Å². The van der Waals surface area contributed by atoms with E-state index in [9.17, 15) is 14.7 Å². The molecule has 5 nitrogen and oxygen atoms in total. The lowest BCUT2D eigenvalue weighted by Crippen LogP contribution is -2.53. The summed E-state index contributed by atoms with van der Waals surface area (Å²) in [6.07, 6.45) is 2.44. The van der Waals surface area contributed by atoms with Crippen molar-refractivity contribution in [3.05, 3.63) is 23.7 Å². The van der Waals surface area contributed by atoms with E-state index in [0.717, 1.165) is 12.8 Å². The quantitative estimate of drug-likeness (QED) is 0.907. The average molecular weight is 265 g/mol. The first kappa shape index (κ1) is 13.6. The number of likely N-dealkylation sites (tertiary alicyclic amines) is 1. The van der Waals surface area contributed by atoms with Gasteiger partial charge in [-0.2, -0.15) is 0 Å². The Morgan fingerprint density at radius 3 is 2.74 bits per heavy atom. The lowest BCUT2D eigenvalue weighted by Gasteiger charge is -2.34. The molecule has 2 rings (SSSR count). The maximum atomic E-state index is 12.4. The minimum atomic E-state index is -1.06. The van der Waals surface area contributed by atoms with Crippen LogP contribution < -0.4 is 0 Å². The second-order valence-corrected chi connectivity index (χ2v) is 5.06. The minimum Gasteiger partial charge on any atom is -0.479 e. The van der Waals surface area contributed by atoms with Crippen molar-refractivity contribution >= 4 is 11.9 Å². The van der Waals surface area contributed by atoms with E-state index in [4.69, 9.17) is 4.42 Å². The molecule has 0 aliphatic carbocycles. The van der Waals surface area contributed by atoms with Gasteiger partial charge >= 0.3 is 5.97 Å². The van der Waals surface area contributed by atoms with Gasteiger partial charge in [-0.25, -0.2) is 4.79 Å². The fourth-order valence-corrected chi connectivity index (χ4v) is 2.86. The number of carbonyl (C=O) groups is 2. The minimum absolute atomic E-state index is 0.223. The number of aliphatic carboxylic acids is 1. The van der Waals surface area contributed by atoms with Crippen molar-refractivity contribution in [1.29, 1.82) is 0 Å². The summed E-state index contributed by atoms with van der Waals surface area (Å²) >= 11 is 0. The summed E-state index contributed by atoms with van der Waals surface area (Å²) in [4.78, 5) is 25.5. The number of carboxylic acid groups (broad SMARTS) is 1. The standard InChI is InChI=1S/C14H19NO4/c1-3-7-14(13(17)18)8-4-9-15(14)12(16)11-6-5-10(2)19-11/h5-6H,3-4,7-9H2,1-2H3,(H,17,18). The summed E-state index contributed by atoms with van der Waals surface area (Å²) in [6.45, 7) is 4.17. The largest absolute Gasteiger partial charge is 0.479 e. The van der Waals surface area contributed by atoms with Crippen LogP contribution in [0.15, 0.2) is 16.5 Å². The van der Waals surface area contributed by atoms with Crippen molar-refractivity contribution in [2.75, 3.05) is 6.54 Å². The van der Waals surface area contributed by atoms with Crippen molar-refractivity contribution in [2.24, 2.45) is 0 Å². The molecule has 5 heteroatoms. The molecule has 1 aliphatic rings. The second-order valence-electron chi connectivity index (χ2n) is 5.06. The van der Waals surface area contributed by atoms with E-state index < -0.39 is 11.5 Å². The molecule has 1 fully saturated rings. The Morgan fingerprint density at radius 1 is 1.47 bits per heavy atom. The molecule has 1 aromatic heterocycles. The van der Waals surface area contributed by atoms with Crippen LogP contribution in [0.1, 0.15) is 48.9 Å². The molecular formula is C14H19NO4. The zero-order valence-corrected chi connectivity index (χ0v) is 11.3. The third-order valence-corrected chi connectivity index (χ3v) is 3.75. The van der Waals surface area contributed by atoms with Gasteiger partial charge in [0.15, 0.2) is 5.76 Å². The van der Waals surface area contributed by atoms with Crippen molar-refractivity contribution in [1.82, 2.24) is 4.90 Å². The van der Waals surface area contributed by atoms with Crippen molar-refractivity contribution < 1.29 is 19.1 Å².